The van der Waals surface area contributed by atoms with Gasteiger partial charge >= 0.3 is 0 Å². The molecule has 2 aromatic rings. The normalized spacial score (nSPS) is 14.6. The monoisotopic (exact) mass is 349 g/mol. The first-order valence-electron chi connectivity index (χ1n) is 7.99. The van der Waals surface area contributed by atoms with Crippen molar-refractivity contribution in [3.8, 4) is 0 Å². The third kappa shape index (κ3) is 4.00. The van der Waals surface area contributed by atoms with Crippen LogP contribution < -0.4 is 0 Å². The lowest BCUT2D eigenvalue weighted by Gasteiger charge is -2.27. The van der Waals surface area contributed by atoms with Crippen LogP contribution >= 0.6 is 11.3 Å². The molecule has 0 N–H and O–H groups in total. The second kappa shape index (κ2) is 7.42. The molecule has 2 aromatic heterocycles. The van der Waals surface area contributed by atoms with Gasteiger partial charge in [0.25, 0.3) is 0 Å². The highest BCUT2D eigenvalue weighted by Crippen LogP contribution is 2.20. The third-order valence-electron chi connectivity index (χ3n) is 4.04. The predicted molar refractivity (Wildman–Crippen MR) is 91.5 cm³/mol. The van der Waals surface area contributed by atoms with Gasteiger partial charge in [0.2, 0.25) is 5.91 Å². The van der Waals surface area contributed by atoms with E-state index in [4.69, 9.17) is 4.74 Å². The maximum atomic E-state index is 11.5. The Balaban J connectivity index is 1.55. The topological polar surface area (TPSA) is 63.5 Å². The molecule has 1 amide bonds. The molecule has 0 spiro atoms. The average molecular weight is 349 g/mol. The second-order valence-corrected chi connectivity index (χ2v) is 7.56. The van der Waals surface area contributed by atoms with E-state index in [0.717, 1.165) is 37.8 Å². The molecule has 0 unspecified atom stereocenters. The van der Waals surface area contributed by atoms with E-state index in [1.807, 2.05) is 11.3 Å². The van der Waals surface area contributed by atoms with E-state index in [1.165, 1.54) is 14.7 Å². The molecule has 1 aliphatic rings. The second-order valence-electron chi connectivity index (χ2n) is 6.19. The molecule has 8 heteroatoms. The van der Waals surface area contributed by atoms with Crippen LogP contribution in [0.2, 0.25) is 0 Å². The zero-order chi connectivity index (χ0) is 17.1. The molecule has 1 aliphatic heterocycles. The Morgan fingerprint density at radius 3 is 2.88 bits per heavy atom. The summed E-state index contributed by atoms with van der Waals surface area (Å²) >= 11 is 1.84. The lowest BCUT2D eigenvalue weighted by Crippen LogP contribution is -2.34. The molecule has 130 valence electrons. The fourth-order valence-electron chi connectivity index (χ4n) is 2.66. The molecule has 3 heterocycles. The predicted octanol–water partition coefficient (Wildman–Crippen LogP) is 1.27. The highest BCUT2D eigenvalue weighted by molar-refractivity contribution is 7.11. The number of nitrogens with zero attached hydrogens (tertiary/aromatic N) is 5. The molecule has 24 heavy (non-hydrogen) atoms. The van der Waals surface area contributed by atoms with Gasteiger partial charge in [0.15, 0.2) is 5.82 Å². The van der Waals surface area contributed by atoms with Crippen LogP contribution in [0.25, 0.3) is 0 Å². The van der Waals surface area contributed by atoms with Crippen molar-refractivity contribution < 1.29 is 9.53 Å². The first-order chi connectivity index (χ1) is 11.5. The Kier molecular flexibility index (Phi) is 5.27. The molecule has 0 saturated carbocycles. The van der Waals surface area contributed by atoms with E-state index in [0.29, 0.717) is 6.61 Å². The number of fused-ring (bicyclic) bond motifs is 1. The number of carbonyl (C=O) groups excluding carboxylic acids is 1. The number of likely N-dealkylation sites (N-methyl/N-ethyl adjacent to an activating group) is 1. The lowest BCUT2D eigenvalue weighted by molar-refractivity contribution is -0.134. The summed E-state index contributed by atoms with van der Waals surface area (Å²) in [6, 6.07) is 4.36. The van der Waals surface area contributed by atoms with Gasteiger partial charge < -0.3 is 14.2 Å². The average Bonchev–Trinajstić information content (AvgIpc) is 3.13. The summed E-state index contributed by atoms with van der Waals surface area (Å²) in [5.74, 6) is 1.71. The van der Waals surface area contributed by atoms with E-state index < -0.39 is 0 Å². The summed E-state index contributed by atoms with van der Waals surface area (Å²) < 4.78 is 7.57. The number of thiophene rings is 1. The third-order valence-corrected chi connectivity index (χ3v) is 5.03. The van der Waals surface area contributed by atoms with E-state index in [-0.39, 0.29) is 12.5 Å². The summed E-state index contributed by atoms with van der Waals surface area (Å²) in [6.45, 7) is 6.08. The van der Waals surface area contributed by atoms with Crippen LogP contribution in [0.5, 0.6) is 0 Å². The summed E-state index contributed by atoms with van der Waals surface area (Å²) in [7, 11) is 3.43. The molecule has 0 aliphatic carbocycles. The number of aryl methyl sites for hydroxylation is 1. The minimum atomic E-state index is -0.0502. The first-order valence-corrected chi connectivity index (χ1v) is 8.81. The number of hydrogen-bond acceptors (Lipinski definition) is 6. The van der Waals surface area contributed by atoms with Gasteiger partial charge in [-0.05, 0) is 19.1 Å². The highest BCUT2D eigenvalue weighted by Gasteiger charge is 2.21. The van der Waals surface area contributed by atoms with Gasteiger partial charge in [0.1, 0.15) is 19.0 Å². The molecular formula is C16H23N5O2S. The highest BCUT2D eigenvalue weighted by atomic mass is 32.1. The standard InChI is InChI=1S/C16H23N5O2S/c1-12-4-5-13(24-12)8-20-6-7-21-14(9-20)17-18-15(21)10-23-11-16(22)19(2)3/h4-5H,6-11H2,1-3H3. The summed E-state index contributed by atoms with van der Waals surface area (Å²) in [4.78, 5) is 18.2. The minimum absolute atomic E-state index is 0.0502. The largest absolute Gasteiger partial charge is 0.364 e. The number of ether oxygens (including phenoxy) is 1. The Morgan fingerprint density at radius 1 is 1.33 bits per heavy atom. The van der Waals surface area contributed by atoms with E-state index in [9.17, 15) is 4.79 Å². The van der Waals surface area contributed by atoms with Crippen molar-refractivity contribution in [2.45, 2.75) is 33.2 Å². The zero-order valence-corrected chi connectivity index (χ0v) is 15.2. The van der Waals surface area contributed by atoms with Crippen molar-refractivity contribution in [1.29, 1.82) is 0 Å². The maximum Gasteiger partial charge on any atom is 0.248 e. The SMILES string of the molecule is Cc1ccc(CN2CCn3c(COCC(=O)N(C)C)nnc3C2)s1. The first kappa shape index (κ1) is 17.1. The summed E-state index contributed by atoms with van der Waals surface area (Å²) in [5.41, 5.74) is 0. The van der Waals surface area contributed by atoms with Crippen molar-refractivity contribution in [2.75, 3.05) is 27.2 Å². The van der Waals surface area contributed by atoms with Crippen LogP contribution in [-0.2, 0) is 35.8 Å². The quantitative estimate of drug-likeness (QED) is 0.786. The summed E-state index contributed by atoms with van der Waals surface area (Å²) in [5, 5.41) is 8.51. The van der Waals surface area contributed by atoms with Crippen LogP contribution in [0.15, 0.2) is 12.1 Å². The van der Waals surface area contributed by atoms with Crippen molar-refractivity contribution in [3.05, 3.63) is 33.5 Å². The van der Waals surface area contributed by atoms with Crippen molar-refractivity contribution >= 4 is 17.2 Å². The molecule has 0 radical (unpaired) electrons. The maximum absolute atomic E-state index is 11.5. The molecule has 7 nitrogen and oxygen atoms in total. The lowest BCUT2D eigenvalue weighted by atomic mass is 10.3. The van der Waals surface area contributed by atoms with Gasteiger partial charge in [-0.3, -0.25) is 9.69 Å². The fourth-order valence-corrected chi connectivity index (χ4v) is 3.59. The van der Waals surface area contributed by atoms with Crippen LogP contribution in [-0.4, -0.2) is 57.7 Å². The van der Waals surface area contributed by atoms with Gasteiger partial charge in [-0.15, -0.1) is 21.5 Å². The number of amides is 1. The van der Waals surface area contributed by atoms with E-state index in [1.54, 1.807) is 14.1 Å². The van der Waals surface area contributed by atoms with Crippen molar-refractivity contribution in [3.63, 3.8) is 0 Å². The Bertz CT molecular complexity index is 709. The molecule has 0 atom stereocenters. The van der Waals surface area contributed by atoms with Crippen molar-refractivity contribution in [2.24, 2.45) is 0 Å². The van der Waals surface area contributed by atoms with Gasteiger partial charge in [-0.1, -0.05) is 0 Å². The number of aromatic nitrogens is 3. The van der Waals surface area contributed by atoms with Crippen LogP contribution in [0.4, 0.5) is 0 Å². The number of rotatable bonds is 6. The van der Waals surface area contributed by atoms with Gasteiger partial charge in [-0.2, -0.15) is 0 Å². The fraction of sp³-hybridized carbons (Fsp3) is 0.562. The number of carbonyl (C=O) groups is 1. The number of hydrogen-bond donors (Lipinski definition) is 0. The van der Waals surface area contributed by atoms with Gasteiger partial charge in [0, 0.05) is 43.5 Å². The Hall–Kier alpha value is -1.77. The molecule has 0 saturated heterocycles. The molecular weight excluding hydrogens is 326 g/mol. The van der Waals surface area contributed by atoms with Gasteiger partial charge in [0.05, 0.1) is 6.54 Å². The smallest absolute Gasteiger partial charge is 0.248 e. The minimum Gasteiger partial charge on any atom is -0.364 e. The zero-order valence-electron chi connectivity index (χ0n) is 14.4. The van der Waals surface area contributed by atoms with Crippen molar-refractivity contribution in [1.82, 2.24) is 24.6 Å². The molecule has 0 fully saturated rings. The van der Waals surface area contributed by atoms with Crippen LogP contribution in [0.3, 0.4) is 0 Å². The Labute approximate surface area is 145 Å². The molecule has 0 bridgehead atoms. The van der Waals surface area contributed by atoms with Gasteiger partial charge in [-0.25, -0.2) is 0 Å². The molecule has 0 aromatic carbocycles. The van der Waals surface area contributed by atoms with Crippen LogP contribution in [0.1, 0.15) is 21.4 Å². The van der Waals surface area contributed by atoms with E-state index in [2.05, 4.69) is 38.7 Å². The Morgan fingerprint density at radius 2 is 2.17 bits per heavy atom. The summed E-state index contributed by atoms with van der Waals surface area (Å²) in [6.07, 6.45) is 0. The van der Waals surface area contributed by atoms with E-state index >= 15 is 0 Å². The molecule has 3 rings (SSSR count). The van der Waals surface area contributed by atoms with Crippen LogP contribution in [0, 0.1) is 6.92 Å².